The molecular formula is C16H13N3O4. The fourth-order valence-corrected chi connectivity index (χ4v) is 2.11. The maximum atomic E-state index is 11.4. The third-order valence-electron chi connectivity index (χ3n) is 3.23. The van der Waals surface area contributed by atoms with E-state index in [1.807, 2.05) is 12.1 Å². The van der Waals surface area contributed by atoms with E-state index in [9.17, 15) is 20.0 Å². The molecule has 116 valence electrons. The van der Waals surface area contributed by atoms with Crippen LogP contribution in [-0.2, 0) is 11.2 Å². The van der Waals surface area contributed by atoms with Crippen LogP contribution >= 0.6 is 0 Å². The second kappa shape index (κ2) is 7.04. The molecule has 0 spiro atoms. The number of anilines is 1. The molecule has 0 saturated heterocycles. The number of nitro groups is 1. The van der Waals surface area contributed by atoms with Crippen LogP contribution < -0.4 is 5.32 Å². The summed E-state index contributed by atoms with van der Waals surface area (Å²) in [6, 6.07) is 13.6. The van der Waals surface area contributed by atoms with Gasteiger partial charge in [0, 0.05) is 12.5 Å². The molecule has 1 unspecified atom stereocenters. The first-order valence-electron chi connectivity index (χ1n) is 6.73. The Hall–Kier alpha value is -3.40. The number of hydrogen-bond donors (Lipinski definition) is 2. The average Bonchev–Trinajstić information content (AvgIpc) is 2.55. The molecule has 0 heterocycles. The number of nitrogens with zero attached hydrogens (tertiary/aromatic N) is 2. The molecule has 1 atom stereocenters. The zero-order valence-electron chi connectivity index (χ0n) is 12.0. The van der Waals surface area contributed by atoms with E-state index < -0.39 is 16.9 Å². The lowest BCUT2D eigenvalue weighted by atomic mass is 10.1. The second-order valence-electron chi connectivity index (χ2n) is 4.83. The number of nitriles is 1. The Morgan fingerprint density at radius 3 is 2.57 bits per heavy atom. The van der Waals surface area contributed by atoms with Crippen LogP contribution in [0.5, 0.6) is 0 Å². The van der Waals surface area contributed by atoms with Crippen molar-refractivity contribution < 1.29 is 14.8 Å². The standard InChI is InChI=1S/C16H13N3O4/c17-10-12-6-7-13(15(9-12)19(22)23)18-14(16(20)21)8-11-4-2-1-3-5-11/h1-7,9,14,18H,8H2,(H,20,21). The highest BCUT2D eigenvalue weighted by atomic mass is 16.6. The van der Waals surface area contributed by atoms with Gasteiger partial charge in [0.15, 0.2) is 0 Å². The Kier molecular flexibility index (Phi) is 4.89. The number of rotatable bonds is 6. The zero-order valence-corrected chi connectivity index (χ0v) is 12.0. The van der Waals surface area contributed by atoms with E-state index in [4.69, 9.17) is 5.26 Å². The number of nitro benzene ring substituents is 1. The fraction of sp³-hybridized carbons (Fsp3) is 0.125. The number of carbonyl (C=O) groups is 1. The van der Waals surface area contributed by atoms with Crippen LogP contribution in [0.2, 0.25) is 0 Å². The van der Waals surface area contributed by atoms with Gasteiger partial charge in [-0.15, -0.1) is 0 Å². The first-order chi connectivity index (χ1) is 11.0. The highest BCUT2D eigenvalue weighted by Crippen LogP contribution is 2.26. The van der Waals surface area contributed by atoms with Gasteiger partial charge in [0.2, 0.25) is 0 Å². The van der Waals surface area contributed by atoms with Crippen molar-refractivity contribution >= 4 is 17.3 Å². The molecule has 7 nitrogen and oxygen atoms in total. The third-order valence-corrected chi connectivity index (χ3v) is 3.23. The van der Waals surface area contributed by atoms with Gasteiger partial charge in [0.05, 0.1) is 16.6 Å². The lowest BCUT2D eigenvalue weighted by molar-refractivity contribution is -0.384. The molecule has 7 heteroatoms. The molecule has 0 amide bonds. The van der Waals surface area contributed by atoms with Gasteiger partial charge >= 0.3 is 5.97 Å². The maximum Gasteiger partial charge on any atom is 0.326 e. The van der Waals surface area contributed by atoms with Gasteiger partial charge in [-0.1, -0.05) is 30.3 Å². The minimum Gasteiger partial charge on any atom is -0.480 e. The van der Waals surface area contributed by atoms with Crippen molar-refractivity contribution in [2.45, 2.75) is 12.5 Å². The van der Waals surface area contributed by atoms with Gasteiger partial charge in [0.1, 0.15) is 11.7 Å². The molecule has 0 aromatic heterocycles. The predicted octanol–water partition coefficient (Wildman–Crippen LogP) is 2.57. The summed E-state index contributed by atoms with van der Waals surface area (Å²) in [7, 11) is 0. The van der Waals surface area contributed by atoms with Crippen LogP contribution in [0.4, 0.5) is 11.4 Å². The van der Waals surface area contributed by atoms with Gasteiger partial charge in [-0.05, 0) is 17.7 Å². The second-order valence-corrected chi connectivity index (χ2v) is 4.83. The summed E-state index contributed by atoms with van der Waals surface area (Å²) in [4.78, 5) is 21.9. The monoisotopic (exact) mass is 311 g/mol. The molecule has 0 aliphatic carbocycles. The summed E-state index contributed by atoms with van der Waals surface area (Å²) in [6.45, 7) is 0. The molecule has 0 aliphatic heterocycles. The molecule has 0 bridgehead atoms. The van der Waals surface area contributed by atoms with Crippen LogP contribution in [-0.4, -0.2) is 22.0 Å². The minimum absolute atomic E-state index is 0.0670. The van der Waals surface area contributed by atoms with Gasteiger partial charge in [0.25, 0.3) is 5.69 Å². The first kappa shape index (κ1) is 16.0. The Morgan fingerprint density at radius 2 is 2.00 bits per heavy atom. The number of hydrogen-bond acceptors (Lipinski definition) is 5. The van der Waals surface area contributed by atoms with E-state index in [-0.39, 0.29) is 23.4 Å². The van der Waals surface area contributed by atoms with E-state index in [1.54, 1.807) is 24.3 Å². The first-order valence-corrected chi connectivity index (χ1v) is 6.73. The molecule has 0 fully saturated rings. The molecule has 2 N–H and O–H groups in total. The highest BCUT2D eigenvalue weighted by molar-refractivity contribution is 5.79. The molecule has 2 rings (SSSR count). The summed E-state index contributed by atoms with van der Waals surface area (Å²) in [5.41, 5.74) is 0.668. The van der Waals surface area contributed by atoms with Crippen molar-refractivity contribution in [2.24, 2.45) is 0 Å². The van der Waals surface area contributed by atoms with Gasteiger partial charge in [-0.3, -0.25) is 10.1 Å². The Bertz CT molecular complexity index is 769. The molecule has 0 radical (unpaired) electrons. The minimum atomic E-state index is -1.12. The smallest absolute Gasteiger partial charge is 0.326 e. The number of carboxylic acids is 1. The highest BCUT2D eigenvalue weighted by Gasteiger charge is 2.22. The van der Waals surface area contributed by atoms with E-state index >= 15 is 0 Å². The number of benzene rings is 2. The SMILES string of the molecule is N#Cc1ccc(NC(Cc2ccccc2)C(=O)O)c([N+](=O)[O-])c1. The van der Waals surface area contributed by atoms with Gasteiger partial charge in [-0.25, -0.2) is 4.79 Å². The molecule has 23 heavy (non-hydrogen) atoms. The lowest BCUT2D eigenvalue weighted by Crippen LogP contribution is -2.31. The summed E-state index contributed by atoms with van der Waals surface area (Å²) in [6.07, 6.45) is 0.174. The van der Waals surface area contributed by atoms with Gasteiger partial charge in [-0.2, -0.15) is 5.26 Å². The third kappa shape index (κ3) is 4.04. The Labute approximate surface area is 131 Å². The molecule has 2 aromatic rings. The molecule has 0 aliphatic rings. The molecule has 2 aromatic carbocycles. The van der Waals surface area contributed by atoms with E-state index in [0.717, 1.165) is 11.6 Å². The van der Waals surface area contributed by atoms with Crippen molar-refractivity contribution in [1.82, 2.24) is 0 Å². The van der Waals surface area contributed by atoms with Crippen molar-refractivity contribution in [2.75, 3.05) is 5.32 Å². The van der Waals surface area contributed by atoms with Crippen LogP contribution in [0.15, 0.2) is 48.5 Å². The van der Waals surface area contributed by atoms with Crippen molar-refractivity contribution in [3.8, 4) is 6.07 Å². The average molecular weight is 311 g/mol. The molecular weight excluding hydrogens is 298 g/mol. The number of aliphatic carboxylic acids is 1. The van der Waals surface area contributed by atoms with Crippen LogP contribution in [0.1, 0.15) is 11.1 Å². The quantitative estimate of drug-likeness (QED) is 0.625. The maximum absolute atomic E-state index is 11.4. The van der Waals surface area contributed by atoms with Crippen molar-refractivity contribution in [1.29, 1.82) is 5.26 Å². The summed E-state index contributed by atoms with van der Waals surface area (Å²) in [5.74, 6) is -1.12. The largest absolute Gasteiger partial charge is 0.480 e. The predicted molar refractivity (Wildman–Crippen MR) is 83.0 cm³/mol. The van der Waals surface area contributed by atoms with Crippen LogP contribution in [0.3, 0.4) is 0 Å². The number of nitrogens with one attached hydrogen (secondary N) is 1. The van der Waals surface area contributed by atoms with Crippen LogP contribution in [0, 0.1) is 21.4 Å². The fourth-order valence-electron chi connectivity index (χ4n) is 2.11. The summed E-state index contributed by atoms with van der Waals surface area (Å²) < 4.78 is 0. The zero-order chi connectivity index (χ0) is 16.8. The Balaban J connectivity index is 2.28. The van der Waals surface area contributed by atoms with E-state index in [2.05, 4.69) is 5.32 Å². The molecule has 0 saturated carbocycles. The van der Waals surface area contributed by atoms with Crippen molar-refractivity contribution in [3.63, 3.8) is 0 Å². The van der Waals surface area contributed by atoms with Crippen LogP contribution in [0.25, 0.3) is 0 Å². The van der Waals surface area contributed by atoms with E-state index in [0.29, 0.717) is 0 Å². The lowest BCUT2D eigenvalue weighted by Gasteiger charge is -2.16. The van der Waals surface area contributed by atoms with E-state index in [1.165, 1.54) is 12.1 Å². The normalized spacial score (nSPS) is 11.3. The Morgan fingerprint density at radius 1 is 1.30 bits per heavy atom. The summed E-state index contributed by atoms with van der Waals surface area (Å²) in [5, 5.41) is 31.9. The topological polar surface area (TPSA) is 116 Å². The summed E-state index contributed by atoms with van der Waals surface area (Å²) >= 11 is 0. The van der Waals surface area contributed by atoms with Crippen molar-refractivity contribution in [3.05, 3.63) is 69.8 Å². The van der Waals surface area contributed by atoms with Gasteiger partial charge < -0.3 is 10.4 Å². The number of carboxylic acid groups (broad SMARTS) is 1.